The van der Waals surface area contributed by atoms with E-state index in [-0.39, 0.29) is 22.8 Å². The molecule has 0 N–H and O–H groups in total. The van der Waals surface area contributed by atoms with E-state index in [1.165, 1.54) is 35.7 Å². The van der Waals surface area contributed by atoms with Gasteiger partial charge >= 0.3 is 11.9 Å². The minimum atomic E-state index is -0.615. The number of hydrogen-bond donors (Lipinski definition) is 0. The third-order valence-electron chi connectivity index (χ3n) is 4.87. The summed E-state index contributed by atoms with van der Waals surface area (Å²) < 4.78 is 17.6. The van der Waals surface area contributed by atoms with Gasteiger partial charge in [-0.2, -0.15) is 5.26 Å². The average Bonchev–Trinajstić information content (AvgIpc) is 3.14. The number of aryl methyl sites for hydroxylation is 1. The summed E-state index contributed by atoms with van der Waals surface area (Å²) in [6.07, 6.45) is 0. The van der Waals surface area contributed by atoms with Crippen LogP contribution in [0.3, 0.4) is 0 Å². The lowest BCUT2D eigenvalue weighted by molar-refractivity contribution is -0.134. The van der Waals surface area contributed by atoms with E-state index >= 15 is 0 Å². The highest BCUT2D eigenvalue weighted by molar-refractivity contribution is 7.23. The smallest absolute Gasteiger partial charge is 0.308 e. The number of thiazole rings is 1. The van der Waals surface area contributed by atoms with Crippen molar-refractivity contribution in [1.29, 1.82) is 5.26 Å². The Labute approximate surface area is 191 Å². The summed E-state index contributed by atoms with van der Waals surface area (Å²) in [6.45, 7) is 4.08. The molecule has 0 saturated carbocycles. The predicted octanol–water partition coefficient (Wildman–Crippen LogP) is 3.62. The number of ether oxygens (including phenoxy) is 3. The van der Waals surface area contributed by atoms with Crippen molar-refractivity contribution in [2.75, 3.05) is 7.11 Å². The van der Waals surface area contributed by atoms with Crippen LogP contribution in [0.5, 0.6) is 17.2 Å². The van der Waals surface area contributed by atoms with Crippen molar-refractivity contribution in [3.8, 4) is 34.6 Å². The highest BCUT2D eigenvalue weighted by Gasteiger charge is 2.23. The molecule has 0 amide bonds. The SMILES string of the molecule is COc1ccc(-c2nc3sc4cc(OC(C)=O)c(OC(C)=O)c(C)c4n3c(=O)c2C#N)cc1. The number of carbonyl (C=O) groups is 2. The van der Waals surface area contributed by atoms with Gasteiger partial charge in [0.1, 0.15) is 17.4 Å². The van der Waals surface area contributed by atoms with Crippen molar-refractivity contribution in [2.24, 2.45) is 0 Å². The van der Waals surface area contributed by atoms with Gasteiger partial charge in [-0.05, 0) is 31.2 Å². The molecule has 0 aliphatic carbocycles. The van der Waals surface area contributed by atoms with Crippen LogP contribution in [0.25, 0.3) is 26.4 Å². The monoisotopic (exact) mass is 463 g/mol. The Kier molecular flexibility index (Phi) is 5.57. The number of rotatable bonds is 4. The molecule has 2 heterocycles. The van der Waals surface area contributed by atoms with Gasteiger partial charge in [0.25, 0.3) is 5.56 Å². The third kappa shape index (κ3) is 3.79. The zero-order valence-electron chi connectivity index (χ0n) is 18.1. The fraction of sp³-hybridized carbons (Fsp3) is 0.174. The quantitative estimate of drug-likeness (QED) is 0.332. The lowest BCUT2D eigenvalue weighted by Gasteiger charge is -2.12. The number of benzene rings is 2. The molecular formula is C23H17N3O6S. The number of aromatic nitrogens is 2. The molecule has 0 fully saturated rings. The molecule has 0 aliphatic rings. The molecule has 4 rings (SSSR count). The second-order valence-electron chi connectivity index (χ2n) is 7.06. The van der Waals surface area contributed by atoms with Crippen LogP contribution < -0.4 is 19.8 Å². The maximum atomic E-state index is 13.4. The Morgan fingerprint density at radius 3 is 2.36 bits per heavy atom. The second-order valence-corrected chi connectivity index (χ2v) is 8.07. The van der Waals surface area contributed by atoms with E-state index in [1.54, 1.807) is 38.3 Å². The minimum absolute atomic E-state index is 0.0227. The Morgan fingerprint density at radius 2 is 1.79 bits per heavy atom. The zero-order chi connectivity index (χ0) is 23.9. The first-order valence-electron chi connectivity index (χ1n) is 9.69. The van der Waals surface area contributed by atoms with Crippen molar-refractivity contribution < 1.29 is 23.8 Å². The molecule has 10 heteroatoms. The first kappa shape index (κ1) is 22.0. The van der Waals surface area contributed by atoms with Crippen LogP contribution in [0.1, 0.15) is 25.0 Å². The second kappa shape index (κ2) is 8.37. The highest BCUT2D eigenvalue weighted by Crippen LogP contribution is 2.40. The molecule has 4 aromatic rings. The lowest BCUT2D eigenvalue weighted by Crippen LogP contribution is -2.19. The van der Waals surface area contributed by atoms with E-state index < -0.39 is 17.5 Å². The van der Waals surface area contributed by atoms with Gasteiger partial charge in [-0.3, -0.25) is 14.4 Å². The molecule has 0 aliphatic heterocycles. The van der Waals surface area contributed by atoms with Gasteiger partial charge < -0.3 is 14.2 Å². The average molecular weight is 463 g/mol. The standard InChI is InChI=1S/C23H17N3O6S/c1-11-20-18(9-17(31-12(2)27)21(11)32-13(3)28)33-23-25-19(16(10-24)22(29)26(20)23)14-5-7-15(30-4)8-6-14/h5-9H,1-4H3. The maximum absolute atomic E-state index is 13.4. The van der Waals surface area contributed by atoms with E-state index in [2.05, 4.69) is 4.98 Å². The Morgan fingerprint density at radius 1 is 1.12 bits per heavy atom. The van der Waals surface area contributed by atoms with Gasteiger partial charge in [-0.1, -0.05) is 11.3 Å². The Balaban J connectivity index is 2.06. The van der Waals surface area contributed by atoms with Crippen molar-refractivity contribution >= 4 is 38.5 Å². The minimum Gasteiger partial charge on any atom is -0.497 e. The maximum Gasteiger partial charge on any atom is 0.308 e. The molecule has 2 aromatic carbocycles. The van der Waals surface area contributed by atoms with Gasteiger partial charge in [-0.25, -0.2) is 9.38 Å². The Bertz CT molecular complexity index is 1540. The number of nitriles is 1. The van der Waals surface area contributed by atoms with E-state index in [4.69, 9.17) is 14.2 Å². The van der Waals surface area contributed by atoms with Gasteiger partial charge in [0.15, 0.2) is 16.5 Å². The van der Waals surface area contributed by atoms with E-state index in [1.807, 2.05) is 6.07 Å². The molecule has 33 heavy (non-hydrogen) atoms. The molecule has 9 nitrogen and oxygen atoms in total. The summed E-state index contributed by atoms with van der Waals surface area (Å²) in [6, 6.07) is 10.3. The van der Waals surface area contributed by atoms with Crippen LogP contribution in [0.15, 0.2) is 35.1 Å². The molecule has 166 valence electrons. The number of nitrogens with zero attached hydrogens (tertiary/aromatic N) is 3. The number of hydrogen-bond acceptors (Lipinski definition) is 9. The van der Waals surface area contributed by atoms with E-state index in [9.17, 15) is 19.6 Å². The molecule has 0 unspecified atom stereocenters. The number of methoxy groups -OCH3 is 1. The molecule has 0 saturated heterocycles. The normalized spacial score (nSPS) is 10.8. The summed E-state index contributed by atoms with van der Waals surface area (Å²) >= 11 is 1.18. The fourth-order valence-electron chi connectivity index (χ4n) is 3.51. The Hall–Kier alpha value is -4.23. The number of fused-ring (bicyclic) bond motifs is 3. The van der Waals surface area contributed by atoms with Gasteiger partial charge in [0.2, 0.25) is 0 Å². The molecule has 0 bridgehead atoms. The number of carbonyl (C=O) groups excluding carboxylic acids is 2. The molecule has 0 atom stereocenters. The van der Waals surface area contributed by atoms with E-state index in [0.717, 1.165) is 0 Å². The van der Waals surface area contributed by atoms with Crippen LogP contribution in [-0.4, -0.2) is 28.4 Å². The summed E-state index contributed by atoms with van der Waals surface area (Å²) in [4.78, 5) is 41.6. The van der Waals surface area contributed by atoms with Crippen molar-refractivity contribution in [3.63, 3.8) is 0 Å². The van der Waals surface area contributed by atoms with Crippen LogP contribution in [0.2, 0.25) is 0 Å². The first-order chi connectivity index (χ1) is 15.7. The fourth-order valence-corrected chi connectivity index (χ4v) is 4.62. The van der Waals surface area contributed by atoms with Crippen molar-refractivity contribution in [3.05, 3.63) is 51.8 Å². The summed E-state index contributed by atoms with van der Waals surface area (Å²) in [5, 5.41) is 9.77. The summed E-state index contributed by atoms with van der Waals surface area (Å²) in [5.74, 6) is -0.501. The van der Waals surface area contributed by atoms with Crippen LogP contribution in [0, 0.1) is 18.3 Å². The van der Waals surface area contributed by atoms with Crippen LogP contribution in [0.4, 0.5) is 0 Å². The molecule has 0 spiro atoms. The zero-order valence-corrected chi connectivity index (χ0v) is 18.9. The predicted molar refractivity (Wildman–Crippen MR) is 121 cm³/mol. The highest BCUT2D eigenvalue weighted by atomic mass is 32.1. The number of esters is 2. The molecular weight excluding hydrogens is 446 g/mol. The molecule has 0 radical (unpaired) electrons. The van der Waals surface area contributed by atoms with Gasteiger partial charge in [-0.15, -0.1) is 0 Å². The van der Waals surface area contributed by atoms with Crippen molar-refractivity contribution in [1.82, 2.24) is 9.38 Å². The topological polar surface area (TPSA) is 120 Å². The summed E-state index contributed by atoms with van der Waals surface area (Å²) in [7, 11) is 1.54. The van der Waals surface area contributed by atoms with E-state index in [0.29, 0.717) is 32.1 Å². The van der Waals surface area contributed by atoms with Gasteiger partial charge in [0, 0.05) is 31.0 Å². The third-order valence-corrected chi connectivity index (χ3v) is 5.85. The molecule has 2 aromatic heterocycles. The lowest BCUT2D eigenvalue weighted by atomic mass is 10.1. The van der Waals surface area contributed by atoms with Gasteiger partial charge in [0.05, 0.1) is 23.0 Å². The largest absolute Gasteiger partial charge is 0.497 e. The van der Waals surface area contributed by atoms with Crippen LogP contribution >= 0.6 is 11.3 Å². The summed E-state index contributed by atoms with van der Waals surface area (Å²) in [5.41, 5.74) is 0.955. The first-order valence-corrected chi connectivity index (χ1v) is 10.5. The van der Waals surface area contributed by atoms with Crippen LogP contribution in [-0.2, 0) is 9.59 Å². The van der Waals surface area contributed by atoms with Crippen molar-refractivity contribution in [2.45, 2.75) is 20.8 Å².